The van der Waals surface area contributed by atoms with Gasteiger partial charge in [-0.2, -0.15) is 0 Å². The minimum absolute atomic E-state index is 0.714. The first-order chi connectivity index (χ1) is 9.29. The standard InChI is InChI=1S/C15H16ClN3/c1-17-9-12-8-15(18-10-13(12)16)19-7-6-11-4-2-3-5-14(11)19/h2-5,8,10,17H,6-7,9H2,1H3. The van der Waals surface area contributed by atoms with Crippen molar-refractivity contribution in [2.24, 2.45) is 0 Å². The number of aromatic nitrogens is 1. The fourth-order valence-corrected chi connectivity index (χ4v) is 2.69. The number of nitrogens with zero attached hydrogens (tertiary/aromatic N) is 2. The van der Waals surface area contributed by atoms with Crippen molar-refractivity contribution in [1.82, 2.24) is 10.3 Å². The van der Waals surface area contributed by atoms with Crippen LogP contribution in [0.3, 0.4) is 0 Å². The molecule has 0 saturated heterocycles. The summed E-state index contributed by atoms with van der Waals surface area (Å²) in [5, 5.41) is 3.84. The van der Waals surface area contributed by atoms with Gasteiger partial charge in [0.25, 0.3) is 0 Å². The highest BCUT2D eigenvalue weighted by atomic mass is 35.5. The molecule has 0 unspecified atom stereocenters. The summed E-state index contributed by atoms with van der Waals surface area (Å²) in [4.78, 5) is 6.72. The molecule has 1 aromatic carbocycles. The summed E-state index contributed by atoms with van der Waals surface area (Å²) in [5.41, 5.74) is 3.72. The molecule has 1 aliphatic rings. The highest BCUT2D eigenvalue weighted by Gasteiger charge is 2.21. The molecule has 2 aromatic rings. The lowest BCUT2D eigenvalue weighted by atomic mass is 10.2. The maximum absolute atomic E-state index is 6.16. The van der Waals surface area contributed by atoms with Crippen LogP contribution in [0.15, 0.2) is 36.5 Å². The molecule has 3 nitrogen and oxygen atoms in total. The molecule has 0 saturated carbocycles. The van der Waals surface area contributed by atoms with Gasteiger partial charge < -0.3 is 10.2 Å². The number of fused-ring (bicyclic) bond motifs is 1. The molecule has 0 fully saturated rings. The summed E-state index contributed by atoms with van der Waals surface area (Å²) < 4.78 is 0. The molecule has 0 radical (unpaired) electrons. The van der Waals surface area contributed by atoms with Crippen LogP contribution in [-0.4, -0.2) is 18.6 Å². The topological polar surface area (TPSA) is 28.2 Å². The summed E-state index contributed by atoms with van der Waals surface area (Å²) >= 11 is 6.16. The van der Waals surface area contributed by atoms with Crippen molar-refractivity contribution in [3.05, 3.63) is 52.7 Å². The molecule has 0 spiro atoms. The van der Waals surface area contributed by atoms with E-state index >= 15 is 0 Å². The van der Waals surface area contributed by atoms with Crippen molar-refractivity contribution in [3.8, 4) is 0 Å². The first-order valence-electron chi connectivity index (χ1n) is 6.44. The van der Waals surface area contributed by atoms with Crippen LogP contribution in [0.2, 0.25) is 5.02 Å². The largest absolute Gasteiger partial charge is 0.326 e. The Hall–Kier alpha value is -1.58. The molecule has 98 valence electrons. The quantitative estimate of drug-likeness (QED) is 0.931. The maximum Gasteiger partial charge on any atom is 0.133 e. The second-order valence-electron chi connectivity index (χ2n) is 4.69. The number of pyridine rings is 1. The monoisotopic (exact) mass is 273 g/mol. The summed E-state index contributed by atoms with van der Waals surface area (Å²) in [6.07, 6.45) is 2.81. The van der Waals surface area contributed by atoms with E-state index in [0.717, 1.165) is 30.9 Å². The second-order valence-corrected chi connectivity index (χ2v) is 5.10. The molecule has 0 aliphatic carbocycles. The molecular formula is C15H16ClN3. The van der Waals surface area contributed by atoms with Crippen molar-refractivity contribution in [1.29, 1.82) is 0 Å². The second kappa shape index (κ2) is 5.19. The van der Waals surface area contributed by atoms with Crippen molar-refractivity contribution < 1.29 is 0 Å². The molecule has 1 aliphatic heterocycles. The number of hydrogen-bond donors (Lipinski definition) is 1. The average Bonchev–Trinajstić information content (AvgIpc) is 2.85. The van der Waals surface area contributed by atoms with E-state index in [1.54, 1.807) is 6.20 Å². The molecule has 0 atom stereocenters. The highest BCUT2D eigenvalue weighted by molar-refractivity contribution is 6.31. The predicted octanol–water partition coefficient (Wildman–Crippen LogP) is 3.15. The van der Waals surface area contributed by atoms with Gasteiger partial charge in [0.2, 0.25) is 0 Å². The van der Waals surface area contributed by atoms with Gasteiger partial charge >= 0.3 is 0 Å². The summed E-state index contributed by atoms with van der Waals surface area (Å²) in [7, 11) is 1.92. The number of rotatable bonds is 3. The van der Waals surface area contributed by atoms with Crippen LogP contribution >= 0.6 is 11.6 Å². The van der Waals surface area contributed by atoms with Gasteiger partial charge in [-0.15, -0.1) is 0 Å². The molecule has 4 heteroatoms. The number of anilines is 2. The van der Waals surface area contributed by atoms with Crippen LogP contribution in [-0.2, 0) is 13.0 Å². The Labute approximate surface area is 118 Å². The van der Waals surface area contributed by atoms with Crippen molar-refractivity contribution in [2.45, 2.75) is 13.0 Å². The first-order valence-corrected chi connectivity index (χ1v) is 6.82. The lowest BCUT2D eigenvalue weighted by Crippen LogP contribution is -2.16. The summed E-state index contributed by atoms with van der Waals surface area (Å²) in [6.45, 7) is 1.73. The van der Waals surface area contributed by atoms with Crippen molar-refractivity contribution >= 4 is 23.1 Å². The predicted molar refractivity (Wildman–Crippen MR) is 79.2 cm³/mol. The van der Waals surface area contributed by atoms with Crippen LogP contribution < -0.4 is 10.2 Å². The molecule has 2 heterocycles. The van der Waals surface area contributed by atoms with Gasteiger partial charge in [-0.3, -0.25) is 0 Å². The Morgan fingerprint density at radius 2 is 2.21 bits per heavy atom. The van der Waals surface area contributed by atoms with E-state index in [4.69, 9.17) is 11.6 Å². The van der Waals surface area contributed by atoms with Gasteiger partial charge in [0.05, 0.1) is 5.02 Å². The lowest BCUT2D eigenvalue weighted by molar-refractivity contribution is 0.815. The molecule has 0 amide bonds. The number of hydrogen-bond acceptors (Lipinski definition) is 3. The number of nitrogens with one attached hydrogen (secondary N) is 1. The summed E-state index contributed by atoms with van der Waals surface area (Å²) in [5.74, 6) is 0.972. The molecular weight excluding hydrogens is 258 g/mol. The molecule has 19 heavy (non-hydrogen) atoms. The van der Waals surface area contributed by atoms with E-state index in [9.17, 15) is 0 Å². The molecule has 1 N–H and O–H groups in total. The first kappa shape index (κ1) is 12.5. The lowest BCUT2D eigenvalue weighted by Gasteiger charge is -2.19. The number of halogens is 1. The molecule has 0 bridgehead atoms. The maximum atomic E-state index is 6.16. The third-order valence-electron chi connectivity index (χ3n) is 3.45. The van der Waals surface area contributed by atoms with Gasteiger partial charge in [-0.25, -0.2) is 4.98 Å². The van der Waals surface area contributed by atoms with Crippen LogP contribution in [0, 0.1) is 0 Å². The molecule has 3 rings (SSSR count). The van der Waals surface area contributed by atoms with Crippen LogP contribution in [0.25, 0.3) is 0 Å². The number of benzene rings is 1. The zero-order valence-corrected chi connectivity index (χ0v) is 11.6. The van der Waals surface area contributed by atoms with Gasteiger partial charge in [-0.1, -0.05) is 29.8 Å². The van der Waals surface area contributed by atoms with Crippen molar-refractivity contribution in [3.63, 3.8) is 0 Å². The van der Waals surface area contributed by atoms with Crippen LogP contribution in [0.5, 0.6) is 0 Å². The molecule has 1 aromatic heterocycles. The Morgan fingerprint density at radius 1 is 1.37 bits per heavy atom. The highest BCUT2D eigenvalue weighted by Crippen LogP contribution is 2.34. The van der Waals surface area contributed by atoms with Crippen LogP contribution in [0.1, 0.15) is 11.1 Å². The zero-order valence-electron chi connectivity index (χ0n) is 10.9. The fourth-order valence-electron chi connectivity index (χ4n) is 2.52. The van der Waals surface area contributed by atoms with E-state index in [0.29, 0.717) is 5.02 Å². The summed E-state index contributed by atoms with van der Waals surface area (Å²) in [6, 6.07) is 10.6. The van der Waals surface area contributed by atoms with Gasteiger partial charge in [0, 0.05) is 25.0 Å². The van der Waals surface area contributed by atoms with Gasteiger partial charge in [0.1, 0.15) is 5.82 Å². The Balaban J connectivity index is 1.98. The van der Waals surface area contributed by atoms with Crippen molar-refractivity contribution in [2.75, 3.05) is 18.5 Å². The van der Waals surface area contributed by atoms with Gasteiger partial charge in [0.15, 0.2) is 0 Å². The minimum Gasteiger partial charge on any atom is -0.326 e. The van der Waals surface area contributed by atoms with E-state index in [-0.39, 0.29) is 0 Å². The normalized spacial score (nSPS) is 13.7. The smallest absolute Gasteiger partial charge is 0.133 e. The third-order valence-corrected chi connectivity index (χ3v) is 3.79. The Kier molecular flexibility index (Phi) is 3.40. The van der Waals surface area contributed by atoms with Crippen LogP contribution in [0.4, 0.5) is 11.5 Å². The third kappa shape index (κ3) is 2.31. The van der Waals surface area contributed by atoms with E-state index in [2.05, 4.69) is 45.5 Å². The van der Waals surface area contributed by atoms with E-state index in [1.807, 2.05) is 7.05 Å². The average molecular weight is 274 g/mol. The van der Waals surface area contributed by atoms with Gasteiger partial charge in [-0.05, 0) is 36.7 Å². The SMILES string of the molecule is CNCc1cc(N2CCc3ccccc32)ncc1Cl. The Bertz CT molecular complexity index is 598. The minimum atomic E-state index is 0.714. The van der Waals surface area contributed by atoms with E-state index < -0.39 is 0 Å². The fraction of sp³-hybridized carbons (Fsp3) is 0.267. The van der Waals surface area contributed by atoms with E-state index in [1.165, 1.54) is 11.3 Å². The zero-order chi connectivity index (χ0) is 13.2. The Morgan fingerprint density at radius 3 is 3.05 bits per heavy atom. The number of para-hydroxylation sites is 1.